The van der Waals surface area contributed by atoms with E-state index in [1.54, 1.807) is 7.05 Å². The van der Waals surface area contributed by atoms with Crippen molar-refractivity contribution in [3.05, 3.63) is 73.1 Å². The summed E-state index contributed by atoms with van der Waals surface area (Å²) in [5, 5.41) is 3.03. The lowest BCUT2D eigenvalue weighted by atomic mass is 9.82. The molecule has 7 heteroatoms. The number of benzene rings is 1. The van der Waals surface area contributed by atoms with Gasteiger partial charge in [-0.3, -0.25) is 14.3 Å². The van der Waals surface area contributed by atoms with Gasteiger partial charge < -0.3 is 10.1 Å². The zero-order chi connectivity index (χ0) is 17.0. The Labute approximate surface area is 136 Å². The number of fused-ring (bicyclic) bond motifs is 1. The largest absolute Gasteiger partial charge is 0.456 e. The van der Waals surface area contributed by atoms with Crippen LogP contribution in [0.4, 0.5) is 5.82 Å². The Balaban J connectivity index is 2.07. The fourth-order valence-corrected chi connectivity index (χ4v) is 3.34. The third kappa shape index (κ3) is 1.94. The molecule has 1 atom stereocenters. The molecule has 24 heavy (non-hydrogen) atoms. The number of carbonyl (C=O) groups is 1. The summed E-state index contributed by atoms with van der Waals surface area (Å²) in [4.78, 5) is 39.0. The van der Waals surface area contributed by atoms with Crippen molar-refractivity contribution in [3.8, 4) is 0 Å². The van der Waals surface area contributed by atoms with E-state index in [9.17, 15) is 14.4 Å². The van der Waals surface area contributed by atoms with E-state index in [1.807, 2.05) is 31.2 Å². The van der Waals surface area contributed by atoms with Gasteiger partial charge in [0.2, 0.25) is 0 Å². The van der Waals surface area contributed by atoms with E-state index < -0.39 is 23.1 Å². The summed E-state index contributed by atoms with van der Waals surface area (Å²) in [6.45, 7) is 2.05. The van der Waals surface area contributed by atoms with Crippen LogP contribution in [0.3, 0.4) is 0 Å². The second kappa shape index (κ2) is 4.95. The minimum Gasteiger partial charge on any atom is -0.456 e. The molecule has 2 aliphatic rings. The van der Waals surface area contributed by atoms with Crippen LogP contribution in [0.2, 0.25) is 0 Å². The molecule has 0 saturated heterocycles. The van der Waals surface area contributed by atoms with Gasteiger partial charge in [0.15, 0.2) is 0 Å². The molecule has 0 unspecified atom stereocenters. The first kappa shape index (κ1) is 14.5. The summed E-state index contributed by atoms with van der Waals surface area (Å²) < 4.78 is 6.49. The molecule has 0 bridgehead atoms. The van der Waals surface area contributed by atoms with Gasteiger partial charge in [0, 0.05) is 7.05 Å². The summed E-state index contributed by atoms with van der Waals surface area (Å²) in [6, 6.07) is 7.62. The summed E-state index contributed by atoms with van der Waals surface area (Å²) in [5.41, 5.74) is 2.19. The maximum absolute atomic E-state index is 12.5. The molecule has 4 rings (SSSR count). The van der Waals surface area contributed by atoms with Gasteiger partial charge in [-0.15, -0.1) is 0 Å². The van der Waals surface area contributed by atoms with Crippen LogP contribution in [-0.4, -0.2) is 22.1 Å². The summed E-state index contributed by atoms with van der Waals surface area (Å²) in [5.74, 6) is -0.614. The predicted octanol–water partition coefficient (Wildman–Crippen LogP) is 0.750. The number of aromatic nitrogens is 2. The maximum Gasteiger partial charge on any atom is 0.337 e. The van der Waals surface area contributed by atoms with Crippen LogP contribution < -0.4 is 16.6 Å². The molecule has 2 aliphatic heterocycles. The molecule has 122 valence electrons. The van der Waals surface area contributed by atoms with E-state index in [1.165, 1.54) is 4.57 Å². The van der Waals surface area contributed by atoms with E-state index in [4.69, 9.17) is 4.74 Å². The van der Waals surface area contributed by atoms with Crippen molar-refractivity contribution in [2.24, 2.45) is 7.05 Å². The zero-order valence-electron chi connectivity index (χ0n) is 13.2. The smallest absolute Gasteiger partial charge is 0.337 e. The Morgan fingerprint density at radius 3 is 2.79 bits per heavy atom. The molecule has 0 fully saturated rings. The van der Waals surface area contributed by atoms with Crippen molar-refractivity contribution in [2.45, 2.75) is 12.8 Å². The lowest BCUT2D eigenvalue weighted by Crippen LogP contribution is -2.37. The van der Waals surface area contributed by atoms with Crippen LogP contribution in [0.5, 0.6) is 0 Å². The van der Waals surface area contributed by atoms with Crippen molar-refractivity contribution in [2.75, 3.05) is 11.9 Å². The molecular formula is C17H15N3O4. The fourth-order valence-electron chi connectivity index (χ4n) is 3.34. The summed E-state index contributed by atoms with van der Waals surface area (Å²) in [7, 11) is 1.57. The fraction of sp³-hybridized carbons (Fsp3) is 0.235. The average molecular weight is 325 g/mol. The molecule has 2 N–H and O–H groups in total. The number of anilines is 1. The topological polar surface area (TPSA) is 93.2 Å². The van der Waals surface area contributed by atoms with Gasteiger partial charge in [-0.1, -0.05) is 29.8 Å². The highest BCUT2D eigenvalue weighted by atomic mass is 16.5. The second-order valence-corrected chi connectivity index (χ2v) is 6.02. The van der Waals surface area contributed by atoms with E-state index >= 15 is 0 Å². The Hall–Kier alpha value is -3.09. The number of aryl methyl sites for hydroxylation is 1. The third-order valence-corrected chi connectivity index (χ3v) is 4.47. The molecule has 1 aromatic carbocycles. The normalized spacial score (nSPS) is 18.8. The second-order valence-electron chi connectivity index (χ2n) is 6.02. The van der Waals surface area contributed by atoms with Crippen LogP contribution >= 0.6 is 0 Å². The van der Waals surface area contributed by atoms with Crippen LogP contribution in [-0.2, 0) is 16.6 Å². The molecule has 0 amide bonds. The highest BCUT2D eigenvalue weighted by Gasteiger charge is 2.41. The van der Waals surface area contributed by atoms with Crippen LogP contribution in [0, 0.1) is 6.92 Å². The summed E-state index contributed by atoms with van der Waals surface area (Å²) >= 11 is 0. The lowest BCUT2D eigenvalue weighted by Gasteiger charge is -2.27. The standard InChI is InChI=1S/C17H15N3O4/c1-8-4-3-5-9(6-8)11-12-10(7-24-16(12)22)18-14-13(11)15(21)19-17(23)20(14)2/h3-6,11,18H,7H2,1-2H3,(H,19,21,23)/t11-/m1/s1. The molecule has 0 radical (unpaired) electrons. The number of nitrogens with one attached hydrogen (secondary N) is 2. The molecular weight excluding hydrogens is 310 g/mol. The van der Waals surface area contributed by atoms with Crippen LogP contribution in [0.15, 0.2) is 45.1 Å². The monoisotopic (exact) mass is 325 g/mol. The van der Waals surface area contributed by atoms with E-state index in [2.05, 4.69) is 10.3 Å². The highest BCUT2D eigenvalue weighted by Crippen LogP contribution is 2.42. The van der Waals surface area contributed by atoms with Crippen LogP contribution in [0.1, 0.15) is 22.6 Å². The number of H-pyrrole nitrogens is 1. The van der Waals surface area contributed by atoms with Gasteiger partial charge in [0.05, 0.1) is 22.8 Å². The van der Waals surface area contributed by atoms with Crippen LogP contribution in [0.25, 0.3) is 0 Å². The number of aromatic amines is 1. The van der Waals surface area contributed by atoms with Gasteiger partial charge in [-0.2, -0.15) is 0 Å². The molecule has 7 nitrogen and oxygen atoms in total. The van der Waals surface area contributed by atoms with Gasteiger partial charge in [-0.25, -0.2) is 9.59 Å². The molecule has 0 spiro atoms. The summed E-state index contributed by atoms with van der Waals surface area (Å²) in [6.07, 6.45) is 0. The van der Waals surface area contributed by atoms with E-state index in [-0.39, 0.29) is 6.61 Å². The third-order valence-electron chi connectivity index (χ3n) is 4.47. The number of nitrogens with zero attached hydrogens (tertiary/aromatic N) is 1. The number of ether oxygens (including phenoxy) is 1. The number of hydrogen-bond donors (Lipinski definition) is 2. The number of hydrogen-bond acceptors (Lipinski definition) is 5. The Morgan fingerprint density at radius 1 is 1.25 bits per heavy atom. The first-order valence-corrected chi connectivity index (χ1v) is 7.54. The first-order chi connectivity index (χ1) is 11.5. The molecule has 0 aliphatic carbocycles. The zero-order valence-corrected chi connectivity index (χ0v) is 13.2. The first-order valence-electron chi connectivity index (χ1n) is 7.54. The molecule has 0 saturated carbocycles. The Bertz CT molecular complexity index is 1030. The predicted molar refractivity (Wildman–Crippen MR) is 86.9 cm³/mol. The molecule has 3 heterocycles. The molecule has 2 aromatic rings. The number of cyclic esters (lactones) is 1. The van der Waals surface area contributed by atoms with Gasteiger partial charge in [0.25, 0.3) is 5.56 Å². The van der Waals surface area contributed by atoms with Crippen molar-refractivity contribution in [1.29, 1.82) is 0 Å². The van der Waals surface area contributed by atoms with Crippen molar-refractivity contribution in [1.82, 2.24) is 9.55 Å². The average Bonchev–Trinajstić information content (AvgIpc) is 2.92. The Morgan fingerprint density at radius 2 is 2.04 bits per heavy atom. The number of esters is 1. The maximum atomic E-state index is 12.5. The number of carbonyl (C=O) groups excluding carboxylic acids is 1. The SMILES string of the molecule is Cc1cccc([C@@H]2C3=C(COC3=O)Nc3c2c(=O)[nH]c(=O)n3C)c1. The Kier molecular flexibility index (Phi) is 2.99. The van der Waals surface area contributed by atoms with Crippen molar-refractivity contribution >= 4 is 11.8 Å². The van der Waals surface area contributed by atoms with Gasteiger partial charge in [-0.05, 0) is 12.5 Å². The number of rotatable bonds is 1. The van der Waals surface area contributed by atoms with Crippen molar-refractivity contribution in [3.63, 3.8) is 0 Å². The van der Waals surface area contributed by atoms with Gasteiger partial charge >= 0.3 is 11.7 Å². The minimum absolute atomic E-state index is 0.108. The van der Waals surface area contributed by atoms with E-state index in [0.717, 1.165) is 11.1 Å². The van der Waals surface area contributed by atoms with Gasteiger partial charge in [0.1, 0.15) is 12.4 Å². The lowest BCUT2D eigenvalue weighted by molar-refractivity contribution is -0.136. The minimum atomic E-state index is -0.568. The van der Waals surface area contributed by atoms with E-state index in [0.29, 0.717) is 22.7 Å². The highest BCUT2D eigenvalue weighted by molar-refractivity contribution is 5.96. The molecule has 1 aromatic heterocycles. The quantitative estimate of drug-likeness (QED) is 0.755. The van der Waals surface area contributed by atoms with Crippen molar-refractivity contribution < 1.29 is 9.53 Å².